The molecular weight excluding hydrogens is 174 g/mol. The molecular formula is C12H25NO. The van der Waals surface area contributed by atoms with Crippen molar-refractivity contribution in [3.8, 4) is 0 Å². The summed E-state index contributed by atoms with van der Waals surface area (Å²) >= 11 is 0. The van der Waals surface area contributed by atoms with Gasteiger partial charge in [0.05, 0.1) is 6.10 Å². The Labute approximate surface area is 88.4 Å². The Hall–Kier alpha value is -0.0800. The molecule has 1 N–H and O–H groups in total. The van der Waals surface area contributed by atoms with Crippen molar-refractivity contribution in [2.75, 3.05) is 13.2 Å². The van der Waals surface area contributed by atoms with Crippen molar-refractivity contribution in [2.45, 2.75) is 64.5 Å². The van der Waals surface area contributed by atoms with Crippen LogP contribution in [0.2, 0.25) is 0 Å². The first-order valence-electron chi connectivity index (χ1n) is 6.23. The number of rotatable bonds is 6. The maximum atomic E-state index is 5.93. The van der Waals surface area contributed by atoms with Crippen molar-refractivity contribution in [1.82, 2.24) is 5.32 Å². The molecule has 14 heavy (non-hydrogen) atoms. The van der Waals surface area contributed by atoms with Crippen molar-refractivity contribution >= 4 is 0 Å². The summed E-state index contributed by atoms with van der Waals surface area (Å²) in [7, 11) is 0. The van der Waals surface area contributed by atoms with E-state index in [4.69, 9.17) is 4.74 Å². The third kappa shape index (κ3) is 3.97. The molecule has 0 aromatic heterocycles. The van der Waals surface area contributed by atoms with Crippen LogP contribution in [0, 0.1) is 0 Å². The number of hydrogen-bond donors (Lipinski definition) is 1. The van der Waals surface area contributed by atoms with Crippen LogP contribution >= 0.6 is 0 Å². The molecule has 0 bridgehead atoms. The maximum Gasteiger partial charge on any atom is 0.0728 e. The molecule has 84 valence electrons. The molecule has 2 heteroatoms. The summed E-state index contributed by atoms with van der Waals surface area (Å²) in [6.45, 7) is 6.41. The molecule has 0 heterocycles. The van der Waals surface area contributed by atoms with Gasteiger partial charge in [-0.15, -0.1) is 0 Å². The van der Waals surface area contributed by atoms with Crippen molar-refractivity contribution < 1.29 is 4.74 Å². The summed E-state index contributed by atoms with van der Waals surface area (Å²) in [5, 5.41) is 3.54. The fourth-order valence-corrected chi connectivity index (χ4v) is 2.17. The molecule has 1 fully saturated rings. The average Bonchev–Trinajstić information content (AvgIpc) is 2.21. The largest absolute Gasteiger partial charge is 0.377 e. The molecule has 1 saturated carbocycles. The lowest BCUT2D eigenvalue weighted by atomic mass is 9.92. The Bertz CT molecular complexity index is 136. The standard InChI is InChI=1S/C12H25NO/c1-3-5-10-14-12-9-7-6-8-11(12)13-4-2/h11-13H,3-10H2,1-2H3. The van der Waals surface area contributed by atoms with E-state index in [0.29, 0.717) is 12.1 Å². The smallest absolute Gasteiger partial charge is 0.0728 e. The summed E-state index contributed by atoms with van der Waals surface area (Å²) in [6.07, 6.45) is 8.18. The highest BCUT2D eigenvalue weighted by molar-refractivity contribution is 4.81. The zero-order valence-electron chi connectivity index (χ0n) is 9.72. The second-order valence-electron chi connectivity index (χ2n) is 4.21. The van der Waals surface area contributed by atoms with Crippen LogP contribution in [0.3, 0.4) is 0 Å². The van der Waals surface area contributed by atoms with E-state index in [2.05, 4.69) is 19.2 Å². The van der Waals surface area contributed by atoms with Gasteiger partial charge in [0.25, 0.3) is 0 Å². The minimum Gasteiger partial charge on any atom is -0.377 e. The topological polar surface area (TPSA) is 21.3 Å². The number of nitrogens with one attached hydrogen (secondary N) is 1. The summed E-state index contributed by atoms with van der Waals surface area (Å²) in [5.41, 5.74) is 0. The Balaban J connectivity index is 2.22. The van der Waals surface area contributed by atoms with E-state index in [1.54, 1.807) is 0 Å². The van der Waals surface area contributed by atoms with Gasteiger partial charge in [-0.05, 0) is 25.8 Å². The molecule has 1 aliphatic carbocycles. The third-order valence-electron chi connectivity index (χ3n) is 3.00. The van der Waals surface area contributed by atoms with Crippen LogP contribution in [0.1, 0.15) is 52.4 Å². The molecule has 0 radical (unpaired) electrons. The first-order valence-corrected chi connectivity index (χ1v) is 6.23. The first-order chi connectivity index (χ1) is 6.88. The van der Waals surface area contributed by atoms with Crippen LogP contribution in [0.4, 0.5) is 0 Å². The van der Waals surface area contributed by atoms with Gasteiger partial charge in [-0.25, -0.2) is 0 Å². The van der Waals surface area contributed by atoms with Gasteiger partial charge in [0.2, 0.25) is 0 Å². The molecule has 0 aromatic rings. The first kappa shape index (κ1) is 12.0. The SMILES string of the molecule is CCCCOC1CCCCC1NCC. The second kappa shape index (κ2) is 7.24. The molecule has 2 atom stereocenters. The summed E-state index contributed by atoms with van der Waals surface area (Å²) in [6, 6.07) is 0.616. The lowest BCUT2D eigenvalue weighted by molar-refractivity contribution is 0.00437. The van der Waals surface area contributed by atoms with Crippen LogP contribution in [-0.4, -0.2) is 25.3 Å². The van der Waals surface area contributed by atoms with Gasteiger partial charge in [-0.3, -0.25) is 0 Å². The third-order valence-corrected chi connectivity index (χ3v) is 3.00. The zero-order valence-corrected chi connectivity index (χ0v) is 9.72. The van der Waals surface area contributed by atoms with Gasteiger partial charge >= 0.3 is 0 Å². The quantitative estimate of drug-likeness (QED) is 0.664. The van der Waals surface area contributed by atoms with Crippen LogP contribution in [0.5, 0.6) is 0 Å². The summed E-state index contributed by atoms with van der Waals surface area (Å²) in [4.78, 5) is 0. The highest BCUT2D eigenvalue weighted by Gasteiger charge is 2.24. The van der Waals surface area contributed by atoms with Gasteiger partial charge in [0.1, 0.15) is 0 Å². The Morgan fingerprint density at radius 3 is 2.71 bits per heavy atom. The average molecular weight is 199 g/mol. The van der Waals surface area contributed by atoms with Gasteiger partial charge in [-0.1, -0.05) is 33.1 Å². The number of hydrogen-bond acceptors (Lipinski definition) is 2. The lowest BCUT2D eigenvalue weighted by Crippen LogP contribution is -2.43. The lowest BCUT2D eigenvalue weighted by Gasteiger charge is -2.32. The maximum absolute atomic E-state index is 5.93. The van der Waals surface area contributed by atoms with Crippen molar-refractivity contribution in [3.63, 3.8) is 0 Å². The van der Waals surface area contributed by atoms with E-state index in [1.807, 2.05) is 0 Å². The molecule has 1 aliphatic rings. The molecule has 0 amide bonds. The van der Waals surface area contributed by atoms with Crippen LogP contribution in [0.25, 0.3) is 0 Å². The van der Waals surface area contributed by atoms with Crippen LogP contribution in [-0.2, 0) is 4.74 Å². The summed E-state index contributed by atoms with van der Waals surface area (Å²) in [5.74, 6) is 0. The fourth-order valence-electron chi connectivity index (χ4n) is 2.17. The van der Waals surface area contributed by atoms with Crippen molar-refractivity contribution in [1.29, 1.82) is 0 Å². The van der Waals surface area contributed by atoms with Crippen molar-refractivity contribution in [3.05, 3.63) is 0 Å². The molecule has 0 aromatic carbocycles. The molecule has 0 spiro atoms. The predicted octanol–water partition coefficient (Wildman–Crippen LogP) is 2.72. The molecule has 0 aliphatic heterocycles. The molecule has 1 rings (SSSR count). The van der Waals surface area contributed by atoms with Gasteiger partial charge in [0.15, 0.2) is 0 Å². The van der Waals surface area contributed by atoms with E-state index < -0.39 is 0 Å². The van der Waals surface area contributed by atoms with Gasteiger partial charge in [0, 0.05) is 12.6 Å². The normalized spacial score (nSPS) is 27.9. The van der Waals surface area contributed by atoms with E-state index in [0.717, 1.165) is 13.2 Å². The molecule has 0 saturated heterocycles. The Kier molecular flexibility index (Phi) is 6.20. The molecule has 2 unspecified atom stereocenters. The van der Waals surface area contributed by atoms with Crippen LogP contribution < -0.4 is 5.32 Å². The Morgan fingerprint density at radius 1 is 1.21 bits per heavy atom. The Morgan fingerprint density at radius 2 is 2.00 bits per heavy atom. The van der Waals surface area contributed by atoms with E-state index in [1.165, 1.54) is 38.5 Å². The van der Waals surface area contributed by atoms with Crippen LogP contribution in [0.15, 0.2) is 0 Å². The van der Waals surface area contributed by atoms with E-state index in [-0.39, 0.29) is 0 Å². The zero-order chi connectivity index (χ0) is 10.2. The second-order valence-corrected chi connectivity index (χ2v) is 4.21. The highest BCUT2D eigenvalue weighted by atomic mass is 16.5. The van der Waals surface area contributed by atoms with Crippen molar-refractivity contribution in [2.24, 2.45) is 0 Å². The minimum absolute atomic E-state index is 0.482. The summed E-state index contributed by atoms with van der Waals surface area (Å²) < 4.78 is 5.93. The van der Waals surface area contributed by atoms with Gasteiger partial charge < -0.3 is 10.1 Å². The van der Waals surface area contributed by atoms with E-state index >= 15 is 0 Å². The molecule has 2 nitrogen and oxygen atoms in total. The highest BCUT2D eigenvalue weighted by Crippen LogP contribution is 2.21. The predicted molar refractivity (Wildman–Crippen MR) is 60.6 cm³/mol. The minimum atomic E-state index is 0.482. The fraction of sp³-hybridized carbons (Fsp3) is 1.00. The number of unbranched alkanes of at least 4 members (excludes halogenated alkanes) is 1. The number of ether oxygens (including phenoxy) is 1. The van der Waals surface area contributed by atoms with E-state index in [9.17, 15) is 0 Å². The van der Waals surface area contributed by atoms with Gasteiger partial charge in [-0.2, -0.15) is 0 Å². The number of likely N-dealkylation sites (N-methyl/N-ethyl adjacent to an activating group) is 1. The monoisotopic (exact) mass is 199 g/mol.